The van der Waals surface area contributed by atoms with Crippen molar-refractivity contribution in [2.24, 2.45) is 0 Å². The van der Waals surface area contributed by atoms with Crippen LogP contribution in [-0.2, 0) is 19.6 Å². The lowest BCUT2D eigenvalue weighted by atomic mass is 10.0. The van der Waals surface area contributed by atoms with Gasteiger partial charge in [0, 0.05) is 5.57 Å². The van der Waals surface area contributed by atoms with Gasteiger partial charge in [0.05, 0.1) is 6.10 Å². The van der Waals surface area contributed by atoms with E-state index in [2.05, 4.69) is 5.43 Å². The number of benzene rings is 1. The molecule has 0 radical (unpaired) electrons. The number of amides is 1. The maximum Gasteiger partial charge on any atom is 0.262 e. The van der Waals surface area contributed by atoms with Gasteiger partial charge in [-0.05, 0) is 51.0 Å². The lowest BCUT2D eigenvalue weighted by molar-refractivity contribution is -0.118. The highest BCUT2D eigenvalue weighted by atomic mass is 32.2. The van der Waals surface area contributed by atoms with Crippen LogP contribution in [0.2, 0.25) is 0 Å². The molecule has 8 heteroatoms. The first-order valence-corrected chi connectivity index (χ1v) is 8.92. The molecule has 1 aromatic carbocycles. The third kappa shape index (κ3) is 4.65. The van der Waals surface area contributed by atoms with Crippen molar-refractivity contribution < 1.29 is 22.3 Å². The highest BCUT2D eigenvalue weighted by Crippen LogP contribution is 2.19. The SMILES string of the molecule is CC(C)OC1=CCCC(C(=O)NNS(=O)(=O)c2ccccc2F)=C1. The summed E-state index contributed by atoms with van der Waals surface area (Å²) >= 11 is 0. The highest BCUT2D eigenvalue weighted by molar-refractivity contribution is 7.89. The topological polar surface area (TPSA) is 84.5 Å². The van der Waals surface area contributed by atoms with E-state index in [0.717, 1.165) is 12.1 Å². The first-order chi connectivity index (χ1) is 11.3. The summed E-state index contributed by atoms with van der Waals surface area (Å²) in [6, 6.07) is 4.91. The van der Waals surface area contributed by atoms with Crippen LogP contribution in [-0.4, -0.2) is 20.4 Å². The number of hydrazine groups is 1. The third-order valence-corrected chi connectivity index (χ3v) is 4.45. The molecule has 2 rings (SSSR count). The molecule has 0 aromatic heterocycles. The largest absolute Gasteiger partial charge is 0.491 e. The zero-order valence-electron chi connectivity index (χ0n) is 13.4. The molecule has 24 heavy (non-hydrogen) atoms. The van der Waals surface area contributed by atoms with Crippen LogP contribution in [0, 0.1) is 5.82 Å². The van der Waals surface area contributed by atoms with E-state index in [-0.39, 0.29) is 6.10 Å². The summed E-state index contributed by atoms with van der Waals surface area (Å²) < 4.78 is 43.1. The Labute approximate surface area is 140 Å². The molecule has 2 N–H and O–H groups in total. The first kappa shape index (κ1) is 18.2. The van der Waals surface area contributed by atoms with Gasteiger partial charge in [-0.15, -0.1) is 4.83 Å². The van der Waals surface area contributed by atoms with Gasteiger partial charge in [0.1, 0.15) is 16.5 Å². The quantitative estimate of drug-likeness (QED) is 0.767. The Kier molecular flexibility index (Phi) is 5.74. The second-order valence-corrected chi connectivity index (χ2v) is 7.12. The van der Waals surface area contributed by atoms with E-state index >= 15 is 0 Å². The minimum Gasteiger partial charge on any atom is -0.491 e. The molecule has 0 atom stereocenters. The molecule has 6 nitrogen and oxygen atoms in total. The van der Waals surface area contributed by atoms with E-state index in [9.17, 15) is 17.6 Å². The van der Waals surface area contributed by atoms with E-state index in [0.29, 0.717) is 24.2 Å². The average Bonchev–Trinajstić information content (AvgIpc) is 2.52. The Hall–Kier alpha value is -2.19. The Morgan fingerprint density at radius 1 is 1.29 bits per heavy atom. The molecule has 1 aliphatic carbocycles. The fourth-order valence-electron chi connectivity index (χ4n) is 2.12. The molecule has 0 saturated carbocycles. The van der Waals surface area contributed by atoms with Crippen LogP contribution >= 0.6 is 0 Å². The van der Waals surface area contributed by atoms with Gasteiger partial charge in [0.15, 0.2) is 0 Å². The zero-order valence-corrected chi connectivity index (χ0v) is 14.2. The van der Waals surface area contributed by atoms with Crippen LogP contribution in [0.25, 0.3) is 0 Å². The Bertz CT molecular complexity index is 785. The Morgan fingerprint density at radius 3 is 2.67 bits per heavy atom. The summed E-state index contributed by atoms with van der Waals surface area (Å²) in [5.41, 5.74) is 2.48. The normalized spacial score (nSPS) is 14.8. The lowest BCUT2D eigenvalue weighted by Crippen LogP contribution is -2.42. The molecule has 1 aliphatic rings. The standard InChI is InChI=1S/C16H19FN2O4S/c1-11(2)23-13-7-5-6-12(10-13)16(20)18-19-24(21,22)15-9-4-3-8-14(15)17/h3-4,7-11,19H,5-6H2,1-2H3,(H,18,20). The fraction of sp³-hybridized carbons (Fsp3) is 0.312. The van der Waals surface area contributed by atoms with Gasteiger partial charge in [0.2, 0.25) is 0 Å². The van der Waals surface area contributed by atoms with Crippen molar-refractivity contribution in [1.29, 1.82) is 0 Å². The van der Waals surface area contributed by atoms with Crippen molar-refractivity contribution in [3.63, 3.8) is 0 Å². The molecule has 0 saturated heterocycles. The average molecular weight is 354 g/mol. The van der Waals surface area contributed by atoms with Gasteiger partial charge < -0.3 is 4.74 Å². The monoisotopic (exact) mass is 354 g/mol. The third-order valence-electron chi connectivity index (χ3n) is 3.16. The molecule has 0 unspecified atom stereocenters. The molecule has 0 spiro atoms. The number of hydrogen-bond acceptors (Lipinski definition) is 4. The van der Waals surface area contributed by atoms with Crippen molar-refractivity contribution in [2.45, 2.75) is 37.7 Å². The number of halogens is 1. The number of ether oxygens (including phenoxy) is 1. The summed E-state index contributed by atoms with van der Waals surface area (Å²) in [7, 11) is -4.19. The zero-order chi connectivity index (χ0) is 17.7. The number of allylic oxidation sites excluding steroid dienone is 2. The van der Waals surface area contributed by atoms with Gasteiger partial charge in [-0.25, -0.2) is 12.8 Å². The molecule has 130 valence electrons. The molecule has 0 bridgehead atoms. The van der Waals surface area contributed by atoms with E-state index < -0.39 is 26.6 Å². The second-order valence-electron chi connectivity index (χ2n) is 5.47. The molecular weight excluding hydrogens is 335 g/mol. The predicted octanol–water partition coefficient (Wildman–Crippen LogP) is 2.16. The van der Waals surface area contributed by atoms with Crippen LogP contribution in [0.4, 0.5) is 4.39 Å². The summed E-state index contributed by atoms with van der Waals surface area (Å²) in [6.07, 6.45) is 4.46. The van der Waals surface area contributed by atoms with Crippen LogP contribution < -0.4 is 10.3 Å². The van der Waals surface area contributed by atoms with Crippen LogP contribution in [0.1, 0.15) is 26.7 Å². The minimum atomic E-state index is -4.19. The number of rotatable bonds is 6. The Morgan fingerprint density at radius 2 is 2.00 bits per heavy atom. The smallest absolute Gasteiger partial charge is 0.262 e. The van der Waals surface area contributed by atoms with Crippen LogP contribution in [0.5, 0.6) is 0 Å². The number of hydrogen-bond donors (Lipinski definition) is 2. The summed E-state index contributed by atoms with van der Waals surface area (Å²) in [6.45, 7) is 3.73. The van der Waals surface area contributed by atoms with Gasteiger partial charge in [-0.2, -0.15) is 0 Å². The summed E-state index contributed by atoms with van der Waals surface area (Å²) in [4.78, 5) is 13.5. The van der Waals surface area contributed by atoms with E-state index in [1.807, 2.05) is 24.8 Å². The molecule has 1 amide bonds. The number of carbonyl (C=O) groups is 1. The van der Waals surface area contributed by atoms with Gasteiger partial charge in [0.25, 0.3) is 15.9 Å². The number of carbonyl (C=O) groups excluding carboxylic acids is 1. The maximum atomic E-state index is 13.6. The summed E-state index contributed by atoms with van der Waals surface area (Å²) in [5, 5.41) is 0. The minimum absolute atomic E-state index is 0.0329. The van der Waals surface area contributed by atoms with Gasteiger partial charge in [-0.3, -0.25) is 10.2 Å². The van der Waals surface area contributed by atoms with E-state index in [1.54, 1.807) is 6.08 Å². The number of nitrogens with one attached hydrogen (secondary N) is 2. The van der Waals surface area contributed by atoms with Crippen LogP contribution in [0.15, 0.2) is 52.6 Å². The molecular formula is C16H19FN2O4S. The van der Waals surface area contributed by atoms with Crippen LogP contribution in [0.3, 0.4) is 0 Å². The molecule has 0 heterocycles. The van der Waals surface area contributed by atoms with Crippen molar-refractivity contribution in [3.8, 4) is 0 Å². The predicted molar refractivity (Wildman–Crippen MR) is 86.5 cm³/mol. The maximum absolute atomic E-state index is 13.6. The highest BCUT2D eigenvalue weighted by Gasteiger charge is 2.21. The first-order valence-electron chi connectivity index (χ1n) is 7.43. The Balaban J connectivity index is 2.04. The second kappa shape index (κ2) is 7.59. The van der Waals surface area contributed by atoms with Crippen molar-refractivity contribution in [2.75, 3.05) is 0 Å². The van der Waals surface area contributed by atoms with E-state index in [1.165, 1.54) is 12.1 Å². The molecule has 0 fully saturated rings. The fourth-order valence-corrected chi connectivity index (χ4v) is 3.04. The van der Waals surface area contributed by atoms with E-state index in [4.69, 9.17) is 4.74 Å². The van der Waals surface area contributed by atoms with Crippen molar-refractivity contribution >= 4 is 15.9 Å². The lowest BCUT2D eigenvalue weighted by Gasteiger charge is -2.17. The van der Waals surface area contributed by atoms with Crippen molar-refractivity contribution in [1.82, 2.24) is 10.3 Å². The van der Waals surface area contributed by atoms with Crippen molar-refractivity contribution in [3.05, 3.63) is 53.6 Å². The number of sulfonamides is 1. The molecule has 0 aliphatic heterocycles. The van der Waals surface area contributed by atoms with Gasteiger partial charge in [-0.1, -0.05) is 12.1 Å². The van der Waals surface area contributed by atoms with Gasteiger partial charge >= 0.3 is 0 Å². The summed E-state index contributed by atoms with van der Waals surface area (Å²) in [5.74, 6) is -0.932. The molecule has 1 aromatic rings.